The summed E-state index contributed by atoms with van der Waals surface area (Å²) in [6.07, 6.45) is 16.2. The SMILES string of the molecule is CC(C)(C)C1CCCC2C=CC=CC21.CC(C)(C)C1CCc2ccccc21. The minimum atomic E-state index is 0.423. The van der Waals surface area contributed by atoms with E-state index in [1.165, 1.54) is 32.1 Å². The molecule has 0 radical (unpaired) electrons. The van der Waals surface area contributed by atoms with E-state index in [1.807, 2.05) is 0 Å². The molecule has 3 aliphatic rings. The van der Waals surface area contributed by atoms with Crippen LogP contribution >= 0.6 is 0 Å². The second-order valence-electron chi connectivity index (χ2n) is 11.1. The molecule has 0 heteroatoms. The van der Waals surface area contributed by atoms with Gasteiger partial charge in [0.2, 0.25) is 0 Å². The molecule has 0 N–H and O–H groups in total. The Morgan fingerprint density at radius 1 is 0.778 bits per heavy atom. The Morgan fingerprint density at radius 2 is 1.48 bits per heavy atom. The molecule has 0 nitrogen and oxygen atoms in total. The Hall–Kier alpha value is -1.30. The van der Waals surface area contributed by atoms with Crippen LogP contribution in [0.1, 0.15) is 84.3 Å². The normalized spacial score (nSPS) is 29.6. The van der Waals surface area contributed by atoms with Crippen LogP contribution in [0.3, 0.4) is 0 Å². The molecule has 1 aromatic rings. The van der Waals surface area contributed by atoms with E-state index in [0.717, 1.165) is 23.7 Å². The first kappa shape index (κ1) is 20.4. The minimum absolute atomic E-state index is 0.423. The van der Waals surface area contributed by atoms with Gasteiger partial charge in [-0.2, -0.15) is 0 Å². The lowest BCUT2D eigenvalue weighted by molar-refractivity contribution is 0.107. The third-order valence-electron chi connectivity index (χ3n) is 7.10. The quantitative estimate of drug-likeness (QED) is 0.438. The molecule has 0 aromatic heterocycles. The van der Waals surface area contributed by atoms with E-state index >= 15 is 0 Å². The van der Waals surface area contributed by atoms with Crippen molar-refractivity contribution in [3.8, 4) is 0 Å². The van der Waals surface area contributed by atoms with Gasteiger partial charge in [0.25, 0.3) is 0 Å². The number of aryl methyl sites for hydroxylation is 1. The van der Waals surface area contributed by atoms with Crippen LogP contribution in [0.15, 0.2) is 48.6 Å². The van der Waals surface area contributed by atoms with Gasteiger partial charge in [0, 0.05) is 0 Å². The van der Waals surface area contributed by atoms with Crippen LogP contribution in [0.5, 0.6) is 0 Å². The molecule has 0 aliphatic heterocycles. The smallest absolute Gasteiger partial charge is 0.0107 e. The van der Waals surface area contributed by atoms with E-state index in [2.05, 4.69) is 90.1 Å². The largest absolute Gasteiger partial charge is 0.0808 e. The summed E-state index contributed by atoms with van der Waals surface area (Å²) in [7, 11) is 0. The Labute approximate surface area is 168 Å². The summed E-state index contributed by atoms with van der Waals surface area (Å²) in [5, 5.41) is 0. The lowest BCUT2D eigenvalue weighted by Crippen LogP contribution is -2.35. The summed E-state index contributed by atoms with van der Waals surface area (Å²) in [4.78, 5) is 0. The first-order valence-corrected chi connectivity index (χ1v) is 11.1. The molecule has 0 saturated heterocycles. The molecule has 4 rings (SSSR count). The lowest BCUT2D eigenvalue weighted by Gasteiger charge is -2.43. The van der Waals surface area contributed by atoms with Gasteiger partial charge in [-0.15, -0.1) is 0 Å². The maximum Gasteiger partial charge on any atom is -0.0107 e. The Kier molecular flexibility index (Phi) is 6.04. The third kappa shape index (κ3) is 4.76. The number of hydrogen-bond donors (Lipinski definition) is 0. The summed E-state index contributed by atoms with van der Waals surface area (Å²) in [6.45, 7) is 14.2. The van der Waals surface area contributed by atoms with Crippen LogP contribution in [0.2, 0.25) is 0 Å². The number of hydrogen-bond acceptors (Lipinski definition) is 0. The maximum atomic E-state index is 2.44. The molecule has 1 aromatic carbocycles. The summed E-state index contributed by atoms with van der Waals surface area (Å²) >= 11 is 0. The molecule has 0 spiro atoms. The molecule has 148 valence electrons. The van der Waals surface area contributed by atoms with Crippen LogP contribution < -0.4 is 0 Å². The molecular weight excluding hydrogens is 324 g/mol. The van der Waals surface area contributed by atoms with Crippen molar-refractivity contribution < 1.29 is 0 Å². The van der Waals surface area contributed by atoms with Gasteiger partial charge in [-0.1, -0.05) is 96.5 Å². The zero-order valence-electron chi connectivity index (χ0n) is 18.5. The van der Waals surface area contributed by atoms with Gasteiger partial charge in [0.05, 0.1) is 0 Å². The lowest BCUT2D eigenvalue weighted by atomic mass is 9.62. The average molecular weight is 365 g/mol. The number of allylic oxidation sites excluding steroid dienone is 4. The summed E-state index contributed by atoms with van der Waals surface area (Å²) in [5.41, 5.74) is 4.06. The van der Waals surface area contributed by atoms with Crippen molar-refractivity contribution in [2.24, 2.45) is 28.6 Å². The van der Waals surface area contributed by atoms with Crippen LogP contribution in [-0.2, 0) is 6.42 Å². The Balaban J connectivity index is 0.000000156. The highest BCUT2D eigenvalue weighted by Gasteiger charge is 2.37. The van der Waals surface area contributed by atoms with Crippen LogP contribution in [-0.4, -0.2) is 0 Å². The Bertz CT molecular complexity index is 677. The topological polar surface area (TPSA) is 0 Å². The van der Waals surface area contributed by atoms with E-state index in [-0.39, 0.29) is 0 Å². The maximum absolute atomic E-state index is 2.44. The van der Waals surface area contributed by atoms with Crippen molar-refractivity contribution >= 4 is 0 Å². The van der Waals surface area contributed by atoms with Crippen molar-refractivity contribution in [2.75, 3.05) is 0 Å². The molecule has 0 bridgehead atoms. The van der Waals surface area contributed by atoms with Gasteiger partial charge in [-0.05, 0) is 71.3 Å². The second-order valence-corrected chi connectivity index (χ2v) is 11.1. The van der Waals surface area contributed by atoms with E-state index in [0.29, 0.717) is 10.8 Å². The van der Waals surface area contributed by atoms with Gasteiger partial charge >= 0.3 is 0 Å². The van der Waals surface area contributed by atoms with E-state index in [4.69, 9.17) is 0 Å². The molecule has 3 aliphatic carbocycles. The predicted molar refractivity (Wildman–Crippen MR) is 119 cm³/mol. The van der Waals surface area contributed by atoms with Gasteiger partial charge < -0.3 is 0 Å². The Morgan fingerprint density at radius 3 is 2.19 bits per heavy atom. The van der Waals surface area contributed by atoms with Crippen LogP contribution in [0, 0.1) is 28.6 Å². The standard InChI is InChI=1S/C14H22.C13H18/c1-14(2,3)13-10-6-8-11-7-4-5-9-12(11)13;1-13(2,3)12-9-8-10-6-4-5-7-11(10)12/h4-5,7,9,11-13H,6,8,10H2,1-3H3;4-7,12H,8-9H2,1-3H3. The van der Waals surface area contributed by atoms with Gasteiger partial charge in [-0.3, -0.25) is 0 Å². The van der Waals surface area contributed by atoms with Crippen molar-refractivity contribution in [3.05, 3.63) is 59.7 Å². The van der Waals surface area contributed by atoms with Crippen molar-refractivity contribution in [1.29, 1.82) is 0 Å². The fraction of sp³-hybridized carbons (Fsp3) is 0.630. The van der Waals surface area contributed by atoms with Gasteiger partial charge in [-0.25, -0.2) is 0 Å². The number of benzene rings is 1. The van der Waals surface area contributed by atoms with Crippen molar-refractivity contribution in [1.82, 2.24) is 0 Å². The summed E-state index contributed by atoms with van der Waals surface area (Å²) in [5.74, 6) is 3.29. The predicted octanol–water partition coefficient (Wildman–Crippen LogP) is 7.95. The molecular formula is C27H40. The molecule has 0 amide bonds. The minimum Gasteiger partial charge on any atom is -0.0808 e. The van der Waals surface area contributed by atoms with Crippen LogP contribution in [0.25, 0.3) is 0 Å². The van der Waals surface area contributed by atoms with Gasteiger partial charge in [0.1, 0.15) is 0 Å². The highest BCUT2D eigenvalue weighted by molar-refractivity contribution is 5.35. The second kappa shape index (κ2) is 7.98. The zero-order valence-corrected chi connectivity index (χ0v) is 18.5. The number of rotatable bonds is 0. The molecule has 27 heavy (non-hydrogen) atoms. The third-order valence-corrected chi connectivity index (χ3v) is 7.10. The molecule has 1 fully saturated rings. The van der Waals surface area contributed by atoms with E-state index in [9.17, 15) is 0 Å². The highest BCUT2D eigenvalue weighted by atomic mass is 14.4. The van der Waals surface area contributed by atoms with E-state index in [1.54, 1.807) is 11.1 Å². The molecule has 0 heterocycles. The van der Waals surface area contributed by atoms with Crippen molar-refractivity contribution in [2.45, 2.75) is 79.6 Å². The molecule has 1 saturated carbocycles. The first-order valence-electron chi connectivity index (χ1n) is 11.1. The van der Waals surface area contributed by atoms with Gasteiger partial charge in [0.15, 0.2) is 0 Å². The highest BCUT2D eigenvalue weighted by Crippen LogP contribution is 2.46. The fourth-order valence-electron chi connectivity index (χ4n) is 5.62. The fourth-order valence-corrected chi connectivity index (χ4v) is 5.62. The van der Waals surface area contributed by atoms with E-state index < -0.39 is 0 Å². The number of fused-ring (bicyclic) bond motifs is 2. The molecule has 4 unspecified atom stereocenters. The average Bonchev–Trinajstić information content (AvgIpc) is 3.05. The molecule has 4 atom stereocenters. The first-order chi connectivity index (χ1) is 12.7. The summed E-state index contributed by atoms with van der Waals surface area (Å²) in [6, 6.07) is 8.91. The van der Waals surface area contributed by atoms with Crippen molar-refractivity contribution in [3.63, 3.8) is 0 Å². The monoisotopic (exact) mass is 364 g/mol. The van der Waals surface area contributed by atoms with Crippen LogP contribution in [0.4, 0.5) is 0 Å². The summed E-state index contributed by atoms with van der Waals surface area (Å²) < 4.78 is 0. The zero-order chi connectivity index (χ0) is 19.7.